The molecule has 0 aromatic rings. The van der Waals surface area contributed by atoms with Crippen molar-refractivity contribution < 1.29 is 51.3 Å². The first kappa shape index (κ1) is 25.5. The van der Waals surface area contributed by atoms with Gasteiger partial charge in [0, 0.05) is 0 Å². The molecule has 2 aliphatic carbocycles. The van der Waals surface area contributed by atoms with Gasteiger partial charge >= 0.3 is 21.7 Å². The zero-order valence-electron chi connectivity index (χ0n) is 15.0. The summed E-state index contributed by atoms with van der Waals surface area (Å²) in [6, 6.07) is 0. The number of hydrogen-bond donors (Lipinski definition) is 0. The monoisotopic (exact) mass is 389 g/mol. The zero-order chi connectivity index (χ0) is 15.0. The number of ether oxygens (including phenoxy) is 1. The molecule has 23 heavy (non-hydrogen) atoms. The van der Waals surface area contributed by atoms with Gasteiger partial charge in [-0.2, -0.15) is 6.08 Å². The molecule has 0 amide bonds. The SMILES string of the molecule is CC1=CC=CCC1(OC(C)(C)C)C(C)(C)C1=[C-]CC=C1.[Cl-].[Cl-].[Ti+3]. The molecule has 0 heterocycles. The van der Waals surface area contributed by atoms with Gasteiger partial charge in [-0.1, -0.05) is 32.1 Å². The van der Waals surface area contributed by atoms with Gasteiger partial charge in [0.1, 0.15) is 0 Å². The van der Waals surface area contributed by atoms with Crippen molar-refractivity contribution >= 4 is 0 Å². The molecule has 0 saturated carbocycles. The van der Waals surface area contributed by atoms with E-state index < -0.39 is 0 Å². The van der Waals surface area contributed by atoms with E-state index in [0.29, 0.717) is 0 Å². The van der Waals surface area contributed by atoms with E-state index in [9.17, 15) is 0 Å². The predicted molar refractivity (Wildman–Crippen MR) is 85.4 cm³/mol. The van der Waals surface area contributed by atoms with Crippen LogP contribution in [-0.2, 0) is 26.5 Å². The van der Waals surface area contributed by atoms with E-state index in [-0.39, 0.29) is 63.1 Å². The molecule has 2 aliphatic rings. The van der Waals surface area contributed by atoms with E-state index in [0.717, 1.165) is 12.8 Å². The Morgan fingerprint density at radius 3 is 2.13 bits per heavy atom. The molecule has 0 fully saturated rings. The van der Waals surface area contributed by atoms with Crippen LogP contribution in [0.5, 0.6) is 0 Å². The van der Waals surface area contributed by atoms with E-state index in [1.807, 2.05) is 0 Å². The normalized spacial score (nSPS) is 23.2. The minimum absolute atomic E-state index is 0. The summed E-state index contributed by atoms with van der Waals surface area (Å²) in [7, 11) is 0. The zero-order valence-corrected chi connectivity index (χ0v) is 18.0. The first-order valence-corrected chi connectivity index (χ1v) is 7.51. The molecule has 0 spiro atoms. The summed E-state index contributed by atoms with van der Waals surface area (Å²) in [5.41, 5.74) is 2.00. The molecule has 1 nitrogen and oxygen atoms in total. The van der Waals surface area contributed by atoms with Crippen molar-refractivity contribution in [3.05, 3.63) is 47.6 Å². The Labute approximate surface area is 169 Å². The molecule has 0 aromatic heterocycles. The third-order valence-electron chi connectivity index (χ3n) is 4.38. The maximum absolute atomic E-state index is 6.64. The number of rotatable bonds is 3. The van der Waals surface area contributed by atoms with Gasteiger partial charge in [-0.05, 0) is 45.1 Å². The van der Waals surface area contributed by atoms with E-state index in [4.69, 9.17) is 4.74 Å². The third-order valence-corrected chi connectivity index (χ3v) is 4.38. The van der Waals surface area contributed by atoms with Crippen molar-refractivity contribution in [1.29, 1.82) is 0 Å². The molecule has 127 valence electrons. The van der Waals surface area contributed by atoms with Crippen molar-refractivity contribution in [3.8, 4) is 0 Å². The molecule has 1 atom stereocenters. The maximum atomic E-state index is 6.64. The van der Waals surface area contributed by atoms with E-state index in [1.165, 1.54) is 11.1 Å². The summed E-state index contributed by atoms with van der Waals surface area (Å²) in [4.78, 5) is 0. The van der Waals surface area contributed by atoms with Crippen LogP contribution in [0.2, 0.25) is 0 Å². The number of hydrogen-bond acceptors (Lipinski definition) is 1. The Hall–Kier alpha value is 0.214. The topological polar surface area (TPSA) is 9.23 Å². The van der Waals surface area contributed by atoms with Gasteiger partial charge in [-0.25, -0.2) is 11.6 Å². The second-order valence-electron chi connectivity index (χ2n) is 7.35. The average Bonchev–Trinajstić information content (AvgIpc) is 2.84. The Bertz CT molecular complexity index is 510. The van der Waals surface area contributed by atoms with E-state index >= 15 is 0 Å². The number of allylic oxidation sites excluding steroid dienone is 5. The molecule has 0 aromatic carbocycles. The first-order valence-electron chi connectivity index (χ1n) is 7.51. The third kappa shape index (κ3) is 5.09. The van der Waals surface area contributed by atoms with Crippen LogP contribution in [0.25, 0.3) is 0 Å². The summed E-state index contributed by atoms with van der Waals surface area (Å²) in [5, 5.41) is 0. The standard InChI is InChI=1S/C19H27O.2ClH.Ti/c1-15-11-9-10-14-19(15,20-17(2,3)4)18(5,6)16-12-7-8-13-16;;;/h7,9-12H,8,14H2,1-6H3;2*1H;/q-1;;;+3/p-2. The molecule has 0 aliphatic heterocycles. The van der Waals surface area contributed by atoms with Crippen molar-refractivity contribution in [1.82, 2.24) is 0 Å². The Balaban J connectivity index is 0. The van der Waals surface area contributed by atoms with E-state index in [1.54, 1.807) is 0 Å². The van der Waals surface area contributed by atoms with Crippen LogP contribution in [0.3, 0.4) is 0 Å². The number of halogens is 2. The van der Waals surface area contributed by atoms with Gasteiger partial charge in [0.25, 0.3) is 0 Å². The quantitative estimate of drug-likeness (QED) is 0.452. The van der Waals surface area contributed by atoms with Gasteiger partial charge in [0.05, 0.1) is 11.2 Å². The van der Waals surface area contributed by atoms with Crippen molar-refractivity contribution in [3.63, 3.8) is 0 Å². The molecule has 1 radical (unpaired) electrons. The van der Waals surface area contributed by atoms with Gasteiger partial charge in [0.15, 0.2) is 0 Å². The summed E-state index contributed by atoms with van der Waals surface area (Å²) in [6.45, 7) is 13.2. The van der Waals surface area contributed by atoms with Gasteiger partial charge in [-0.15, -0.1) is 6.42 Å². The van der Waals surface area contributed by atoms with Crippen molar-refractivity contribution in [2.24, 2.45) is 5.41 Å². The second kappa shape index (κ2) is 9.06. The summed E-state index contributed by atoms with van der Waals surface area (Å²) >= 11 is 0. The Morgan fingerprint density at radius 1 is 1.09 bits per heavy atom. The molecular formula is C19H27Cl2OTi. The van der Waals surface area contributed by atoms with Gasteiger partial charge in [-0.3, -0.25) is 6.08 Å². The van der Waals surface area contributed by atoms with Crippen molar-refractivity contribution in [2.75, 3.05) is 0 Å². The fraction of sp³-hybridized carbons (Fsp3) is 0.579. The minimum Gasteiger partial charge on any atom is -1.00 e. The van der Waals surface area contributed by atoms with Crippen LogP contribution in [0.4, 0.5) is 0 Å². The average molecular weight is 390 g/mol. The fourth-order valence-electron chi connectivity index (χ4n) is 3.31. The molecule has 0 saturated heterocycles. The molecule has 4 heteroatoms. The van der Waals surface area contributed by atoms with Gasteiger partial charge in [0.2, 0.25) is 0 Å². The van der Waals surface area contributed by atoms with Crippen LogP contribution in [0, 0.1) is 11.5 Å². The van der Waals surface area contributed by atoms with Crippen LogP contribution in [0.1, 0.15) is 54.4 Å². The Kier molecular flexibility index (Phi) is 10.0. The minimum atomic E-state index is -0.295. The van der Waals surface area contributed by atoms with Gasteiger partial charge < -0.3 is 29.6 Å². The Morgan fingerprint density at radius 2 is 1.70 bits per heavy atom. The van der Waals surface area contributed by atoms with Crippen LogP contribution >= 0.6 is 0 Å². The summed E-state index contributed by atoms with van der Waals surface area (Å²) < 4.78 is 6.64. The second-order valence-corrected chi connectivity index (χ2v) is 7.35. The van der Waals surface area contributed by atoms with Crippen LogP contribution < -0.4 is 24.8 Å². The first-order chi connectivity index (χ1) is 9.19. The molecular weight excluding hydrogens is 363 g/mol. The largest absolute Gasteiger partial charge is 3.00 e. The molecule has 0 bridgehead atoms. The molecule has 2 rings (SSSR count). The van der Waals surface area contributed by atoms with E-state index in [2.05, 4.69) is 78.0 Å². The molecule has 0 N–H and O–H groups in total. The van der Waals surface area contributed by atoms with Crippen molar-refractivity contribution in [2.45, 2.75) is 65.6 Å². The van der Waals surface area contributed by atoms with Crippen LogP contribution in [0.15, 0.2) is 41.5 Å². The smallest absolute Gasteiger partial charge is 1.00 e. The van der Waals surface area contributed by atoms with Crippen LogP contribution in [-0.4, -0.2) is 11.2 Å². The summed E-state index contributed by atoms with van der Waals surface area (Å²) in [5.74, 6) is 0. The molecule has 1 unspecified atom stereocenters. The maximum Gasteiger partial charge on any atom is 3.00 e. The summed E-state index contributed by atoms with van der Waals surface area (Å²) in [6.07, 6.45) is 16.3. The predicted octanol–water partition coefficient (Wildman–Crippen LogP) is -0.832. The fourth-order valence-corrected chi connectivity index (χ4v) is 3.31.